The molecule has 0 saturated heterocycles. The maximum atomic E-state index is 13.0. The quantitative estimate of drug-likeness (QED) is 0.448. The van der Waals surface area contributed by atoms with Gasteiger partial charge in [0.05, 0.1) is 5.75 Å². The Bertz CT molecular complexity index is 311. The summed E-state index contributed by atoms with van der Waals surface area (Å²) in [5, 5.41) is 0. The van der Waals surface area contributed by atoms with Gasteiger partial charge in [0.2, 0.25) is 0 Å². The molecule has 0 heterocycles. The first-order valence-corrected chi connectivity index (χ1v) is 6.52. The average Bonchev–Trinajstić information content (AvgIpc) is 2.13. The third kappa shape index (κ3) is 5.32. The van der Waals surface area contributed by atoms with Gasteiger partial charge in [0.15, 0.2) is 0 Å². The molecule has 0 unspecified atom stereocenters. The van der Waals surface area contributed by atoms with Gasteiger partial charge < -0.3 is 0 Å². The number of alkyl halides is 3. The lowest BCUT2D eigenvalue weighted by Gasteiger charge is -2.05. The summed E-state index contributed by atoms with van der Waals surface area (Å²) in [5.74, 6) is -1.04. The Morgan fingerprint density at radius 1 is 1.07 bits per heavy atom. The molecule has 1 aromatic carbocycles. The minimum Gasteiger partial charge on any atom is -0.207 e. The van der Waals surface area contributed by atoms with Gasteiger partial charge in [0, 0.05) is 5.75 Å². The van der Waals surface area contributed by atoms with E-state index in [1.807, 2.05) is 0 Å². The third-order valence-electron chi connectivity index (χ3n) is 1.48. The van der Waals surface area contributed by atoms with Crippen molar-refractivity contribution in [2.45, 2.75) is 11.9 Å². The summed E-state index contributed by atoms with van der Waals surface area (Å²) in [6, 6.07) is 6.07. The molecule has 0 aliphatic carbocycles. The van der Waals surface area contributed by atoms with E-state index >= 15 is 0 Å². The Morgan fingerprint density at radius 3 is 2.33 bits per heavy atom. The maximum absolute atomic E-state index is 13.0. The number of hydrogen-bond donors (Lipinski definition) is 0. The lowest BCUT2D eigenvalue weighted by atomic mass is 10.2. The zero-order valence-electron chi connectivity index (χ0n) is 7.55. The van der Waals surface area contributed by atoms with Crippen LogP contribution in [-0.4, -0.2) is 11.9 Å². The van der Waals surface area contributed by atoms with Gasteiger partial charge in [-0.25, -0.2) is 4.39 Å². The van der Waals surface area contributed by atoms with E-state index in [9.17, 15) is 17.6 Å². The van der Waals surface area contributed by atoms with Crippen LogP contribution in [-0.2, 0) is 5.75 Å². The molecule has 0 aliphatic heterocycles. The molecule has 1 rings (SSSR count). The highest BCUT2D eigenvalue weighted by Crippen LogP contribution is 2.32. The molecule has 0 nitrogen and oxygen atoms in total. The molecule has 1 aromatic rings. The molecule has 0 aliphatic rings. The Hall–Kier alpha value is -0.360. The molecule has 6 heteroatoms. The zero-order chi connectivity index (χ0) is 11.3. The summed E-state index contributed by atoms with van der Waals surface area (Å²) in [7, 11) is 1.69. The van der Waals surface area contributed by atoms with Crippen molar-refractivity contribution in [2.24, 2.45) is 0 Å². The van der Waals surface area contributed by atoms with E-state index in [-0.39, 0.29) is 11.6 Å². The van der Waals surface area contributed by atoms with Gasteiger partial charge in [0.25, 0.3) is 0 Å². The largest absolute Gasteiger partial charge is 0.398 e. The van der Waals surface area contributed by atoms with E-state index < -0.39 is 11.9 Å². The minimum absolute atomic E-state index is 0.243. The lowest BCUT2D eigenvalue weighted by Crippen LogP contribution is -2.09. The van der Waals surface area contributed by atoms with Crippen molar-refractivity contribution in [2.75, 3.05) is 5.75 Å². The van der Waals surface area contributed by atoms with Crippen LogP contribution in [0.5, 0.6) is 0 Å². The number of benzene rings is 1. The fourth-order valence-corrected chi connectivity index (χ4v) is 2.77. The fraction of sp³-hybridized carbons (Fsp3) is 0.333. The molecule has 0 N–H and O–H groups in total. The summed E-state index contributed by atoms with van der Waals surface area (Å²) in [5.41, 5.74) is 0.428. The number of rotatable bonds is 4. The van der Waals surface area contributed by atoms with Crippen LogP contribution in [0.2, 0.25) is 0 Å². The van der Waals surface area contributed by atoms with Crippen LogP contribution < -0.4 is 0 Å². The monoisotopic (exact) mass is 256 g/mol. The van der Waals surface area contributed by atoms with E-state index in [0.717, 1.165) is 10.8 Å². The molecule has 0 aromatic heterocycles. The maximum Gasteiger partial charge on any atom is 0.398 e. The van der Waals surface area contributed by atoms with Gasteiger partial charge >= 0.3 is 6.18 Å². The van der Waals surface area contributed by atoms with Gasteiger partial charge in [-0.1, -0.05) is 39.8 Å². The summed E-state index contributed by atoms with van der Waals surface area (Å²) in [6.07, 6.45) is -4.16. The molecule has 0 atom stereocenters. The van der Waals surface area contributed by atoms with Gasteiger partial charge in [-0.2, -0.15) is 13.2 Å². The summed E-state index contributed by atoms with van der Waals surface area (Å²) < 4.78 is 48.3. The average molecular weight is 256 g/mol. The zero-order valence-corrected chi connectivity index (χ0v) is 9.18. The van der Waals surface area contributed by atoms with E-state index in [0.29, 0.717) is 16.4 Å². The first-order valence-electron chi connectivity index (χ1n) is 4.03. The van der Waals surface area contributed by atoms with Crippen molar-refractivity contribution in [1.82, 2.24) is 0 Å². The van der Waals surface area contributed by atoms with E-state index in [1.54, 1.807) is 18.2 Å². The van der Waals surface area contributed by atoms with Crippen molar-refractivity contribution in [3.05, 3.63) is 35.6 Å². The smallest absolute Gasteiger partial charge is 0.207 e. The van der Waals surface area contributed by atoms with Crippen LogP contribution in [0, 0.1) is 5.82 Å². The highest BCUT2D eigenvalue weighted by molar-refractivity contribution is 8.76. The highest BCUT2D eigenvalue weighted by atomic mass is 33.1. The first kappa shape index (κ1) is 12.7. The van der Waals surface area contributed by atoms with Gasteiger partial charge in [0.1, 0.15) is 5.82 Å². The Morgan fingerprint density at radius 2 is 1.73 bits per heavy atom. The van der Waals surface area contributed by atoms with Crippen LogP contribution in [0.25, 0.3) is 0 Å². The molecular formula is C9H8F4S2. The molecule has 0 radical (unpaired) electrons. The van der Waals surface area contributed by atoms with Crippen LogP contribution >= 0.6 is 21.6 Å². The SMILES string of the molecule is Fc1ccccc1CSSCC(F)(F)F. The van der Waals surface area contributed by atoms with Gasteiger partial charge in [-0.3, -0.25) is 0 Å². The lowest BCUT2D eigenvalue weighted by molar-refractivity contribution is -0.104. The van der Waals surface area contributed by atoms with Crippen LogP contribution in [0.15, 0.2) is 24.3 Å². The predicted molar refractivity (Wildman–Crippen MR) is 56.2 cm³/mol. The van der Waals surface area contributed by atoms with Crippen molar-refractivity contribution >= 4 is 21.6 Å². The van der Waals surface area contributed by atoms with E-state index in [1.165, 1.54) is 6.07 Å². The summed E-state index contributed by atoms with van der Waals surface area (Å²) >= 11 is 0. The molecular weight excluding hydrogens is 248 g/mol. The topological polar surface area (TPSA) is 0 Å². The fourth-order valence-electron chi connectivity index (χ4n) is 0.829. The molecule has 0 bridgehead atoms. The Labute approximate surface area is 92.8 Å². The molecule has 0 spiro atoms. The van der Waals surface area contributed by atoms with Crippen molar-refractivity contribution in [3.8, 4) is 0 Å². The highest BCUT2D eigenvalue weighted by Gasteiger charge is 2.26. The summed E-state index contributed by atoms with van der Waals surface area (Å²) in [6.45, 7) is 0. The molecule has 0 amide bonds. The number of halogens is 4. The van der Waals surface area contributed by atoms with E-state index in [2.05, 4.69) is 0 Å². The third-order valence-corrected chi connectivity index (χ3v) is 3.73. The number of hydrogen-bond acceptors (Lipinski definition) is 2. The van der Waals surface area contributed by atoms with E-state index in [4.69, 9.17) is 0 Å². The van der Waals surface area contributed by atoms with Crippen molar-refractivity contribution in [1.29, 1.82) is 0 Å². The van der Waals surface area contributed by atoms with Gasteiger partial charge in [-0.15, -0.1) is 0 Å². The van der Waals surface area contributed by atoms with Crippen LogP contribution in [0.4, 0.5) is 17.6 Å². The second-order valence-electron chi connectivity index (χ2n) is 2.73. The Kier molecular flexibility index (Phi) is 4.79. The molecule has 0 saturated carbocycles. The normalized spacial score (nSPS) is 11.7. The Balaban J connectivity index is 2.30. The van der Waals surface area contributed by atoms with Gasteiger partial charge in [-0.05, 0) is 11.6 Å². The summed E-state index contributed by atoms with van der Waals surface area (Å²) in [4.78, 5) is 0. The van der Waals surface area contributed by atoms with Crippen molar-refractivity contribution in [3.63, 3.8) is 0 Å². The van der Waals surface area contributed by atoms with Crippen molar-refractivity contribution < 1.29 is 17.6 Å². The second-order valence-corrected chi connectivity index (χ2v) is 5.19. The second kappa shape index (κ2) is 5.65. The van der Waals surface area contributed by atoms with Crippen LogP contribution in [0.3, 0.4) is 0 Å². The van der Waals surface area contributed by atoms with Crippen LogP contribution in [0.1, 0.15) is 5.56 Å². The molecule has 0 fully saturated rings. The predicted octanol–water partition coefficient (Wildman–Crippen LogP) is 4.27. The molecule has 15 heavy (non-hydrogen) atoms. The minimum atomic E-state index is -4.16. The standard InChI is InChI=1S/C9H8F4S2/c10-8-4-2-1-3-7(8)5-14-15-6-9(11,12)13/h1-4H,5-6H2. The molecule has 84 valence electrons. The first-order chi connectivity index (χ1) is 6.99.